The van der Waals surface area contributed by atoms with E-state index in [-0.39, 0.29) is 11.7 Å². The predicted molar refractivity (Wildman–Crippen MR) is 72.2 cm³/mol. The molecule has 0 aliphatic rings. The molecule has 17 heavy (non-hydrogen) atoms. The van der Waals surface area contributed by atoms with Crippen molar-refractivity contribution in [2.24, 2.45) is 10.9 Å². The van der Waals surface area contributed by atoms with Crippen molar-refractivity contribution in [1.29, 1.82) is 0 Å². The van der Waals surface area contributed by atoms with E-state index in [1.165, 1.54) is 0 Å². The maximum absolute atomic E-state index is 11.9. The van der Waals surface area contributed by atoms with Gasteiger partial charge in [0.25, 0.3) is 5.91 Å². The first-order valence-electron chi connectivity index (χ1n) is 4.69. The van der Waals surface area contributed by atoms with Gasteiger partial charge in [0.15, 0.2) is 5.84 Å². The van der Waals surface area contributed by atoms with Crippen LogP contribution in [0.3, 0.4) is 0 Å². The van der Waals surface area contributed by atoms with Crippen LogP contribution in [0.1, 0.15) is 17.3 Å². The van der Waals surface area contributed by atoms with Crippen molar-refractivity contribution in [3.05, 3.63) is 32.7 Å². The van der Waals surface area contributed by atoms with E-state index in [4.69, 9.17) is 10.9 Å². The normalized spacial score (nSPS) is 13.2. The number of nitrogens with zero attached hydrogens (tertiary/aromatic N) is 1. The van der Waals surface area contributed by atoms with Crippen LogP contribution < -0.4 is 11.1 Å². The van der Waals surface area contributed by atoms with Gasteiger partial charge in [-0.2, -0.15) is 0 Å². The molecule has 0 saturated heterocycles. The molecule has 1 atom stereocenters. The van der Waals surface area contributed by atoms with Crippen LogP contribution in [0.5, 0.6) is 0 Å². The molecule has 0 fully saturated rings. The van der Waals surface area contributed by atoms with Gasteiger partial charge < -0.3 is 16.3 Å². The third-order valence-corrected chi connectivity index (χ3v) is 3.23. The maximum Gasteiger partial charge on any atom is 0.253 e. The third kappa shape index (κ3) is 3.71. The van der Waals surface area contributed by atoms with Crippen LogP contribution >= 0.6 is 31.9 Å². The number of amidine groups is 1. The number of benzene rings is 1. The first-order chi connectivity index (χ1) is 7.95. The van der Waals surface area contributed by atoms with Crippen LogP contribution in [-0.2, 0) is 0 Å². The highest BCUT2D eigenvalue weighted by molar-refractivity contribution is 9.11. The van der Waals surface area contributed by atoms with Gasteiger partial charge in [-0.05, 0) is 41.1 Å². The molecule has 1 amide bonds. The summed E-state index contributed by atoms with van der Waals surface area (Å²) in [5, 5.41) is 13.9. The zero-order chi connectivity index (χ0) is 13.0. The second-order valence-corrected chi connectivity index (χ2v) is 5.11. The summed E-state index contributed by atoms with van der Waals surface area (Å²) >= 11 is 6.59. The molecule has 1 rings (SSSR count). The quantitative estimate of drug-likeness (QED) is 0.332. The Morgan fingerprint density at radius 2 is 2.18 bits per heavy atom. The minimum Gasteiger partial charge on any atom is -0.409 e. The number of hydrogen-bond acceptors (Lipinski definition) is 3. The zero-order valence-corrected chi connectivity index (χ0v) is 12.1. The fourth-order valence-electron chi connectivity index (χ4n) is 1.11. The van der Waals surface area contributed by atoms with Gasteiger partial charge in [0.2, 0.25) is 0 Å². The average Bonchev–Trinajstić information content (AvgIpc) is 2.27. The van der Waals surface area contributed by atoms with E-state index in [1.54, 1.807) is 25.1 Å². The summed E-state index contributed by atoms with van der Waals surface area (Å²) in [6.45, 7) is 1.62. The summed E-state index contributed by atoms with van der Waals surface area (Å²) in [6, 6.07) is 4.66. The van der Waals surface area contributed by atoms with Crippen LogP contribution in [0, 0.1) is 0 Å². The van der Waals surface area contributed by atoms with Gasteiger partial charge >= 0.3 is 0 Å². The Bertz CT molecular complexity index is 463. The van der Waals surface area contributed by atoms with E-state index in [2.05, 4.69) is 42.3 Å². The number of amides is 1. The topological polar surface area (TPSA) is 87.7 Å². The van der Waals surface area contributed by atoms with E-state index >= 15 is 0 Å². The van der Waals surface area contributed by atoms with Crippen LogP contribution in [0.25, 0.3) is 0 Å². The van der Waals surface area contributed by atoms with Gasteiger partial charge in [-0.1, -0.05) is 21.1 Å². The molecule has 4 N–H and O–H groups in total. The van der Waals surface area contributed by atoms with Gasteiger partial charge in [-0.25, -0.2) is 0 Å². The number of carbonyl (C=O) groups excluding carboxylic acids is 1. The van der Waals surface area contributed by atoms with Gasteiger partial charge in [0.05, 0.1) is 11.6 Å². The number of nitrogens with two attached hydrogens (primary N) is 1. The monoisotopic (exact) mass is 363 g/mol. The van der Waals surface area contributed by atoms with E-state index < -0.39 is 6.04 Å². The van der Waals surface area contributed by atoms with Crippen molar-refractivity contribution in [3.63, 3.8) is 0 Å². The van der Waals surface area contributed by atoms with E-state index in [9.17, 15) is 4.79 Å². The Kier molecular flexibility index (Phi) is 4.95. The summed E-state index contributed by atoms with van der Waals surface area (Å²) in [7, 11) is 0. The van der Waals surface area contributed by atoms with Crippen LogP contribution in [0.4, 0.5) is 0 Å². The summed E-state index contributed by atoms with van der Waals surface area (Å²) in [5.41, 5.74) is 5.85. The summed E-state index contributed by atoms with van der Waals surface area (Å²) in [4.78, 5) is 11.9. The van der Waals surface area contributed by atoms with E-state index in [0.29, 0.717) is 10.0 Å². The molecule has 0 spiro atoms. The lowest BCUT2D eigenvalue weighted by Crippen LogP contribution is -2.42. The smallest absolute Gasteiger partial charge is 0.253 e. The molecular weight excluding hydrogens is 354 g/mol. The number of nitrogens with one attached hydrogen (secondary N) is 1. The van der Waals surface area contributed by atoms with Gasteiger partial charge in [0.1, 0.15) is 0 Å². The molecule has 92 valence electrons. The minimum atomic E-state index is -0.539. The first-order valence-corrected chi connectivity index (χ1v) is 6.27. The van der Waals surface area contributed by atoms with Crippen molar-refractivity contribution in [2.75, 3.05) is 0 Å². The van der Waals surface area contributed by atoms with Gasteiger partial charge in [0, 0.05) is 8.95 Å². The Balaban J connectivity index is 2.84. The van der Waals surface area contributed by atoms with E-state index in [0.717, 1.165) is 4.47 Å². The molecule has 1 unspecified atom stereocenters. The van der Waals surface area contributed by atoms with E-state index in [1.807, 2.05) is 0 Å². The predicted octanol–water partition coefficient (Wildman–Crippen LogP) is 2.08. The number of oxime groups is 1. The minimum absolute atomic E-state index is 0.0495. The highest BCUT2D eigenvalue weighted by Gasteiger charge is 2.15. The standard InChI is InChI=1S/C10H11Br2N3O2/c1-5(9(13)15-17)14-10(16)7-3-2-6(11)4-8(7)12/h2-5,17H,1H3,(H2,13,15)(H,14,16). The Labute approximate surface area is 115 Å². The second-order valence-electron chi connectivity index (χ2n) is 3.34. The van der Waals surface area contributed by atoms with Crippen molar-refractivity contribution < 1.29 is 10.0 Å². The highest BCUT2D eigenvalue weighted by atomic mass is 79.9. The third-order valence-electron chi connectivity index (χ3n) is 2.08. The van der Waals surface area contributed by atoms with Crippen molar-refractivity contribution in [2.45, 2.75) is 13.0 Å². The molecule has 0 bridgehead atoms. The molecule has 0 saturated carbocycles. The fourth-order valence-corrected chi connectivity index (χ4v) is 2.34. The fraction of sp³-hybridized carbons (Fsp3) is 0.200. The lowest BCUT2D eigenvalue weighted by molar-refractivity contribution is 0.0948. The van der Waals surface area contributed by atoms with Gasteiger partial charge in [-0.15, -0.1) is 0 Å². The molecule has 1 aromatic rings. The number of carbonyl (C=O) groups is 1. The largest absolute Gasteiger partial charge is 0.409 e. The molecular formula is C10H11Br2N3O2. The number of rotatable bonds is 3. The van der Waals surface area contributed by atoms with Crippen molar-refractivity contribution >= 4 is 43.6 Å². The van der Waals surface area contributed by atoms with Crippen LogP contribution in [-0.4, -0.2) is 23.0 Å². The van der Waals surface area contributed by atoms with Crippen LogP contribution in [0.15, 0.2) is 32.3 Å². The molecule has 1 aromatic carbocycles. The van der Waals surface area contributed by atoms with Crippen molar-refractivity contribution in [3.8, 4) is 0 Å². The SMILES string of the molecule is CC(NC(=O)c1ccc(Br)cc1Br)/C(N)=N/O. The molecule has 0 heterocycles. The lowest BCUT2D eigenvalue weighted by atomic mass is 10.2. The second kappa shape index (κ2) is 6.02. The molecule has 0 radical (unpaired) electrons. The van der Waals surface area contributed by atoms with Crippen LogP contribution in [0.2, 0.25) is 0 Å². The summed E-state index contributed by atoms with van der Waals surface area (Å²) in [5.74, 6) is -0.352. The summed E-state index contributed by atoms with van der Waals surface area (Å²) < 4.78 is 1.53. The Hall–Kier alpha value is -1.08. The Morgan fingerprint density at radius 3 is 2.71 bits per heavy atom. The zero-order valence-electron chi connectivity index (χ0n) is 8.95. The summed E-state index contributed by atoms with van der Waals surface area (Å²) in [6.07, 6.45) is 0. The lowest BCUT2D eigenvalue weighted by Gasteiger charge is -2.13. The molecule has 0 aliphatic heterocycles. The van der Waals surface area contributed by atoms with Crippen molar-refractivity contribution in [1.82, 2.24) is 5.32 Å². The number of halogens is 2. The molecule has 0 aliphatic carbocycles. The number of hydrogen-bond donors (Lipinski definition) is 3. The molecule has 0 aromatic heterocycles. The van der Waals surface area contributed by atoms with Gasteiger partial charge in [-0.3, -0.25) is 4.79 Å². The highest BCUT2D eigenvalue weighted by Crippen LogP contribution is 2.21. The maximum atomic E-state index is 11.9. The Morgan fingerprint density at radius 1 is 1.53 bits per heavy atom. The average molecular weight is 365 g/mol. The molecule has 7 heteroatoms. The first kappa shape index (κ1) is 14.0. The molecule has 5 nitrogen and oxygen atoms in total.